The molecule has 0 N–H and O–H groups in total. The number of benzene rings is 2. The van der Waals surface area contributed by atoms with Gasteiger partial charge in [-0.1, -0.05) is 38.3 Å². The number of esters is 1. The number of hydrogen-bond donors (Lipinski definition) is 0. The molecule has 2 unspecified atom stereocenters. The molecule has 2 aromatic rings. The number of halogens is 1. The molecule has 0 aromatic heterocycles. The van der Waals surface area contributed by atoms with Gasteiger partial charge in [-0.3, -0.25) is 9.69 Å². The molecule has 1 fully saturated rings. The lowest BCUT2D eigenvalue weighted by Gasteiger charge is -2.42. The summed E-state index contributed by atoms with van der Waals surface area (Å²) in [6.07, 6.45) is 13.9. The fourth-order valence-corrected chi connectivity index (χ4v) is 6.98. The lowest BCUT2D eigenvalue weighted by molar-refractivity contribution is -0.138. The molecular weight excluding hydrogens is 551 g/mol. The summed E-state index contributed by atoms with van der Waals surface area (Å²) in [6.45, 7) is 13.8. The van der Waals surface area contributed by atoms with E-state index in [1.54, 1.807) is 0 Å². The standard InChI is InChI=1S/C38H49FN2O3/c1-6-19-41-23-18-33-32(26-41)36-34(43-37(42)28(3)17-22-40-20-8-7-9-21-40)24-30(25-35(36)44-38(33,4)5)27(2)11-10-12-29-13-15-31(39)16-14-29/h1,13-16,24-25,27-28H,7-12,17-23,26H2,2-5H3. The number of rotatable bonds is 11. The summed E-state index contributed by atoms with van der Waals surface area (Å²) in [5.74, 6) is 3.81. The van der Waals surface area contributed by atoms with Crippen LogP contribution in [0.2, 0.25) is 0 Å². The Bertz CT molecular complexity index is 1380. The maximum absolute atomic E-state index is 13.6. The van der Waals surface area contributed by atoms with E-state index < -0.39 is 5.60 Å². The Hall–Kier alpha value is -3.14. The molecule has 0 bridgehead atoms. The number of hydrogen-bond acceptors (Lipinski definition) is 5. The number of piperidine rings is 1. The molecule has 3 aliphatic rings. The van der Waals surface area contributed by atoms with Gasteiger partial charge >= 0.3 is 5.97 Å². The van der Waals surface area contributed by atoms with Gasteiger partial charge in [0.15, 0.2) is 0 Å². The molecule has 3 aliphatic heterocycles. The highest BCUT2D eigenvalue weighted by atomic mass is 19.1. The van der Waals surface area contributed by atoms with Crippen LogP contribution in [0.15, 0.2) is 42.0 Å². The van der Waals surface area contributed by atoms with Crippen molar-refractivity contribution < 1.29 is 18.7 Å². The summed E-state index contributed by atoms with van der Waals surface area (Å²) in [5, 5.41) is 0. The van der Waals surface area contributed by atoms with E-state index in [1.165, 1.54) is 42.5 Å². The number of carbonyl (C=O) groups excluding carboxylic acids is 1. The molecule has 236 valence electrons. The van der Waals surface area contributed by atoms with Crippen LogP contribution in [0.4, 0.5) is 4.39 Å². The van der Waals surface area contributed by atoms with Crippen molar-refractivity contribution in [1.29, 1.82) is 0 Å². The summed E-state index contributed by atoms with van der Waals surface area (Å²) in [6, 6.07) is 11.0. The van der Waals surface area contributed by atoms with Crippen LogP contribution in [0.3, 0.4) is 0 Å². The van der Waals surface area contributed by atoms with E-state index in [2.05, 4.69) is 48.6 Å². The number of ether oxygens (including phenoxy) is 2. The molecule has 5 nitrogen and oxygen atoms in total. The van der Waals surface area contributed by atoms with Gasteiger partial charge in [0.2, 0.25) is 0 Å². The maximum Gasteiger partial charge on any atom is 0.314 e. The number of aryl methyl sites for hydroxylation is 1. The Morgan fingerprint density at radius 3 is 2.55 bits per heavy atom. The summed E-state index contributed by atoms with van der Waals surface area (Å²) < 4.78 is 26.4. The third-order valence-electron chi connectivity index (χ3n) is 9.75. The van der Waals surface area contributed by atoms with Crippen LogP contribution in [0.1, 0.15) is 95.2 Å². The first kappa shape index (κ1) is 32.3. The molecular formula is C38H49FN2O3. The van der Waals surface area contributed by atoms with Gasteiger partial charge in [-0.05, 0) is 131 Å². The van der Waals surface area contributed by atoms with Crippen molar-refractivity contribution in [3.05, 3.63) is 64.5 Å². The number of carbonyl (C=O) groups is 1. The molecule has 5 rings (SSSR count). The SMILES string of the molecule is C#CCN1CCC2=C(C1)c1c(OC(=O)C(C)CCN3CCCCC3)cc(C(C)CCCc3ccc(F)cc3)cc1OC2(C)C. The fourth-order valence-electron chi connectivity index (χ4n) is 6.98. The van der Waals surface area contributed by atoms with Gasteiger partial charge in [-0.15, -0.1) is 6.42 Å². The lowest BCUT2D eigenvalue weighted by atomic mass is 9.80. The van der Waals surface area contributed by atoms with Crippen molar-refractivity contribution in [2.24, 2.45) is 5.92 Å². The van der Waals surface area contributed by atoms with E-state index >= 15 is 0 Å². The van der Waals surface area contributed by atoms with Gasteiger partial charge in [-0.2, -0.15) is 0 Å². The van der Waals surface area contributed by atoms with Crippen molar-refractivity contribution >= 4 is 11.5 Å². The maximum atomic E-state index is 13.6. The van der Waals surface area contributed by atoms with E-state index in [9.17, 15) is 9.18 Å². The molecule has 0 saturated carbocycles. The highest BCUT2D eigenvalue weighted by molar-refractivity contribution is 5.85. The Morgan fingerprint density at radius 2 is 1.82 bits per heavy atom. The van der Waals surface area contributed by atoms with Crippen molar-refractivity contribution in [2.45, 2.75) is 90.6 Å². The van der Waals surface area contributed by atoms with Crippen LogP contribution < -0.4 is 9.47 Å². The van der Waals surface area contributed by atoms with Crippen LogP contribution in [0.25, 0.3) is 5.57 Å². The second-order valence-corrected chi connectivity index (χ2v) is 13.6. The Morgan fingerprint density at radius 1 is 1.07 bits per heavy atom. The van der Waals surface area contributed by atoms with Crippen LogP contribution in [-0.2, 0) is 11.2 Å². The van der Waals surface area contributed by atoms with E-state index in [1.807, 2.05) is 19.1 Å². The van der Waals surface area contributed by atoms with Gasteiger partial charge in [0.05, 0.1) is 18.0 Å². The second-order valence-electron chi connectivity index (χ2n) is 13.6. The molecule has 2 atom stereocenters. The fraction of sp³-hybridized carbons (Fsp3) is 0.553. The molecule has 0 aliphatic carbocycles. The monoisotopic (exact) mass is 600 g/mol. The van der Waals surface area contributed by atoms with Gasteiger partial charge in [0, 0.05) is 13.1 Å². The summed E-state index contributed by atoms with van der Waals surface area (Å²) >= 11 is 0. The van der Waals surface area contributed by atoms with Crippen molar-refractivity contribution in [3.8, 4) is 23.8 Å². The van der Waals surface area contributed by atoms with Gasteiger partial charge < -0.3 is 14.4 Å². The van der Waals surface area contributed by atoms with E-state index in [0.29, 0.717) is 18.8 Å². The molecule has 0 spiro atoms. The highest BCUT2D eigenvalue weighted by Gasteiger charge is 2.40. The zero-order chi connectivity index (χ0) is 31.3. The normalized spacial score (nSPS) is 19.7. The number of nitrogens with zero attached hydrogens (tertiary/aromatic N) is 2. The van der Waals surface area contributed by atoms with Crippen LogP contribution in [0, 0.1) is 24.1 Å². The van der Waals surface area contributed by atoms with Crippen LogP contribution >= 0.6 is 0 Å². The summed E-state index contributed by atoms with van der Waals surface area (Å²) in [7, 11) is 0. The largest absolute Gasteiger partial charge is 0.483 e. The average molecular weight is 601 g/mol. The molecule has 44 heavy (non-hydrogen) atoms. The number of fused-ring (bicyclic) bond motifs is 2. The van der Waals surface area contributed by atoms with Crippen LogP contribution in [0.5, 0.6) is 11.5 Å². The summed E-state index contributed by atoms with van der Waals surface area (Å²) in [5.41, 5.74) is 5.11. The smallest absolute Gasteiger partial charge is 0.314 e. The Kier molecular flexibility index (Phi) is 10.5. The Balaban J connectivity index is 1.40. The van der Waals surface area contributed by atoms with Crippen LogP contribution in [-0.4, -0.2) is 60.6 Å². The zero-order valence-corrected chi connectivity index (χ0v) is 27.1. The van der Waals surface area contributed by atoms with Gasteiger partial charge in [0.1, 0.15) is 22.9 Å². The van der Waals surface area contributed by atoms with Crippen molar-refractivity contribution in [1.82, 2.24) is 9.80 Å². The van der Waals surface area contributed by atoms with E-state index in [4.69, 9.17) is 15.9 Å². The minimum Gasteiger partial charge on any atom is -0.483 e. The summed E-state index contributed by atoms with van der Waals surface area (Å²) in [4.78, 5) is 18.3. The molecule has 0 radical (unpaired) electrons. The Labute approximate surface area is 263 Å². The average Bonchev–Trinajstić information content (AvgIpc) is 3.00. The highest BCUT2D eigenvalue weighted by Crippen LogP contribution is 2.49. The third-order valence-corrected chi connectivity index (χ3v) is 9.75. The van der Waals surface area contributed by atoms with Gasteiger partial charge in [0.25, 0.3) is 0 Å². The predicted molar refractivity (Wildman–Crippen MR) is 175 cm³/mol. The predicted octanol–water partition coefficient (Wildman–Crippen LogP) is 7.63. The molecule has 6 heteroatoms. The first-order valence-electron chi connectivity index (χ1n) is 16.6. The second kappa shape index (κ2) is 14.3. The molecule has 2 aromatic carbocycles. The third kappa shape index (κ3) is 7.73. The minimum atomic E-state index is -0.460. The zero-order valence-electron chi connectivity index (χ0n) is 27.1. The molecule has 0 amide bonds. The van der Waals surface area contributed by atoms with Crippen molar-refractivity contribution in [3.63, 3.8) is 0 Å². The first-order valence-corrected chi connectivity index (χ1v) is 16.6. The lowest BCUT2D eigenvalue weighted by Crippen LogP contribution is -2.42. The first-order chi connectivity index (χ1) is 21.1. The van der Waals surface area contributed by atoms with Crippen molar-refractivity contribution in [2.75, 3.05) is 39.3 Å². The van der Waals surface area contributed by atoms with Gasteiger partial charge in [-0.25, -0.2) is 4.39 Å². The molecule has 1 saturated heterocycles. The van der Waals surface area contributed by atoms with E-state index in [-0.39, 0.29) is 23.6 Å². The number of likely N-dealkylation sites (tertiary alicyclic amines) is 1. The quantitative estimate of drug-likeness (QED) is 0.151. The number of terminal acetylenes is 1. The minimum absolute atomic E-state index is 0.186. The topological polar surface area (TPSA) is 42.0 Å². The molecule has 3 heterocycles. The van der Waals surface area contributed by atoms with E-state index in [0.717, 1.165) is 80.7 Å².